The van der Waals surface area contributed by atoms with Gasteiger partial charge in [-0.05, 0) is 41.7 Å². The molecule has 1 saturated heterocycles. The van der Waals surface area contributed by atoms with Crippen LogP contribution in [0.5, 0.6) is 0 Å². The van der Waals surface area contributed by atoms with Crippen LogP contribution in [0.25, 0.3) is 0 Å². The van der Waals surface area contributed by atoms with E-state index in [-0.39, 0.29) is 30.2 Å². The van der Waals surface area contributed by atoms with Crippen LogP contribution in [0, 0.1) is 5.82 Å². The summed E-state index contributed by atoms with van der Waals surface area (Å²) in [5.74, 6) is -0.123. The molecule has 0 bridgehead atoms. The Balaban J connectivity index is 0.00000243. The molecule has 0 saturated carbocycles. The number of amides is 1. The minimum atomic E-state index is -0.258. The Morgan fingerprint density at radius 3 is 2.62 bits per heavy atom. The minimum absolute atomic E-state index is 0. The van der Waals surface area contributed by atoms with Gasteiger partial charge in [-0.2, -0.15) is 0 Å². The maximum Gasteiger partial charge on any atom is 0.223 e. The number of carbonyl (C=O) groups excluding carboxylic acids is 1. The highest BCUT2D eigenvalue weighted by atomic mass is 35.5. The summed E-state index contributed by atoms with van der Waals surface area (Å²) < 4.78 is 13.6. The number of nitrogens with one attached hydrogen (secondary N) is 1. The molecule has 1 fully saturated rings. The average Bonchev–Trinajstić information content (AvgIpc) is 2.66. The van der Waals surface area contributed by atoms with E-state index in [9.17, 15) is 9.18 Å². The summed E-state index contributed by atoms with van der Waals surface area (Å²) in [7, 11) is 0. The molecule has 1 aliphatic heterocycles. The molecule has 0 aliphatic carbocycles. The van der Waals surface area contributed by atoms with E-state index in [1.54, 1.807) is 6.07 Å². The molecule has 0 spiro atoms. The Kier molecular flexibility index (Phi) is 7.61. The van der Waals surface area contributed by atoms with Gasteiger partial charge in [0.05, 0.1) is 6.04 Å². The monoisotopic (exact) mass is 376 g/mol. The lowest BCUT2D eigenvalue weighted by Gasteiger charge is -2.36. The summed E-state index contributed by atoms with van der Waals surface area (Å²) in [6, 6.07) is 14.9. The Bertz CT molecular complexity index is 720. The second kappa shape index (κ2) is 9.70. The summed E-state index contributed by atoms with van der Waals surface area (Å²) in [6.45, 7) is 4.24. The molecule has 2 aromatic carbocycles. The number of hydrogen-bond donors (Lipinski definition) is 1. The summed E-state index contributed by atoms with van der Waals surface area (Å²) in [5, 5.41) is 3.31. The molecule has 140 valence electrons. The Morgan fingerprint density at radius 1 is 1.19 bits per heavy atom. The maximum absolute atomic E-state index is 13.6. The van der Waals surface area contributed by atoms with Crippen LogP contribution in [0.15, 0.2) is 48.5 Å². The molecule has 3 nitrogen and oxygen atoms in total. The van der Waals surface area contributed by atoms with E-state index in [2.05, 4.69) is 36.5 Å². The summed E-state index contributed by atoms with van der Waals surface area (Å²) >= 11 is 0. The van der Waals surface area contributed by atoms with Crippen molar-refractivity contribution in [2.45, 2.75) is 32.2 Å². The fraction of sp³-hybridized carbons (Fsp3) is 0.381. The molecule has 1 amide bonds. The number of benzene rings is 2. The predicted molar refractivity (Wildman–Crippen MR) is 105 cm³/mol. The first kappa shape index (κ1) is 20.4. The molecule has 1 atom stereocenters. The van der Waals surface area contributed by atoms with Gasteiger partial charge in [-0.3, -0.25) is 4.79 Å². The third kappa shape index (κ3) is 5.05. The van der Waals surface area contributed by atoms with E-state index < -0.39 is 0 Å². The van der Waals surface area contributed by atoms with E-state index in [1.165, 1.54) is 23.3 Å². The average molecular weight is 377 g/mol. The van der Waals surface area contributed by atoms with Crippen LogP contribution in [0.3, 0.4) is 0 Å². The van der Waals surface area contributed by atoms with E-state index in [4.69, 9.17) is 0 Å². The SMILES string of the molecule is CCc1ccc(CCC(=O)N2CCNCC2c2cccc(F)c2)cc1.Cl. The number of piperazine rings is 1. The molecule has 1 N–H and O–H groups in total. The van der Waals surface area contributed by atoms with E-state index >= 15 is 0 Å². The highest BCUT2D eigenvalue weighted by molar-refractivity contribution is 5.85. The van der Waals surface area contributed by atoms with Gasteiger partial charge in [0, 0.05) is 26.1 Å². The fourth-order valence-electron chi connectivity index (χ4n) is 3.35. The standard InChI is InChI=1S/C21H25FN2O.ClH/c1-2-16-6-8-17(9-7-16)10-11-21(25)24-13-12-23-15-20(24)18-4-3-5-19(22)14-18;/h3-9,14,20,23H,2,10-13,15H2,1H3;1H. The third-order valence-corrected chi connectivity index (χ3v) is 4.86. The van der Waals surface area contributed by atoms with Crippen LogP contribution in [-0.4, -0.2) is 30.4 Å². The molecule has 3 rings (SSSR count). The van der Waals surface area contributed by atoms with Gasteiger partial charge >= 0.3 is 0 Å². The third-order valence-electron chi connectivity index (χ3n) is 4.86. The predicted octanol–water partition coefficient (Wildman–Crippen LogP) is 3.92. The molecule has 26 heavy (non-hydrogen) atoms. The molecule has 5 heteroatoms. The van der Waals surface area contributed by atoms with Gasteiger partial charge in [0.2, 0.25) is 5.91 Å². The minimum Gasteiger partial charge on any atom is -0.333 e. The quantitative estimate of drug-likeness (QED) is 0.857. The van der Waals surface area contributed by atoms with Crippen molar-refractivity contribution >= 4 is 18.3 Å². The first-order valence-corrected chi connectivity index (χ1v) is 9.01. The lowest BCUT2D eigenvalue weighted by Crippen LogP contribution is -2.48. The Labute approximate surface area is 161 Å². The second-order valence-electron chi connectivity index (χ2n) is 6.53. The molecule has 1 unspecified atom stereocenters. The van der Waals surface area contributed by atoms with Crippen molar-refractivity contribution in [1.82, 2.24) is 10.2 Å². The van der Waals surface area contributed by atoms with Gasteiger partial charge in [0.1, 0.15) is 5.82 Å². The molecule has 1 aliphatic rings. The normalized spacial score (nSPS) is 16.8. The van der Waals surface area contributed by atoms with Crippen molar-refractivity contribution in [1.29, 1.82) is 0 Å². The lowest BCUT2D eigenvalue weighted by atomic mass is 10.0. The van der Waals surface area contributed by atoms with Crippen LogP contribution in [0.2, 0.25) is 0 Å². The van der Waals surface area contributed by atoms with Gasteiger partial charge in [-0.15, -0.1) is 12.4 Å². The van der Waals surface area contributed by atoms with Crippen LogP contribution >= 0.6 is 12.4 Å². The van der Waals surface area contributed by atoms with Crippen LogP contribution < -0.4 is 5.32 Å². The van der Waals surface area contributed by atoms with E-state index in [1.807, 2.05) is 11.0 Å². The Morgan fingerprint density at radius 2 is 1.92 bits per heavy atom. The Hall–Kier alpha value is -1.91. The molecule has 0 radical (unpaired) electrons. The van der Waals surface area contributed by atoms with Crippen LogP contribution in [-0.2, 0) is 17.6 Å². The lowest BCUT2D eigenvalue weighted by molar-refractivity contribution is -0.134. The first-order chi connectivity index (χ1) is 12.2. The summed E-state index contributed by atoms with van der Waals surface area (Å²) in [4.78, 5) is 14.7. The van der Waals surface area contributed by atoms with Crippen molar-refractivity contribution in [3.63, 3.8) is 0 Å². The summed E-state index contributed by atoms with van der Waals surface area (Å²) in [6.07, 6.45) is 2.25. The highest BCUT2D eigenvalue weighted by Gasteiger charge is 2.27. The van der Waals surface area contributed by atoms with E-state index in [0.717, 1.165) is 24.9 Å². The number of halogens is 2. The van der Waals surface area contributed by atoms with Crippen LogP contribution in [0.1, 0.15) is 36.1 Å². The van der Waals surface area contributed by atoms with Crippen molar-refractivity contribution in [3.8, 4) is 0 Å². The smallest absolute Gasteiger partial charge is 0.223 e. The van der Waals surface area contributed by atoms with Crippen molar-refractivity contribution in [3.05, 3.63) is 71.0 Å². The van der Waals surface area contributed by atoms with Gasteiger partial charge in [0.15, 0.2) is 0 Å². The first-order valence-electron chi connectivity index (χ1n) is 9.01. The molecule has 2 aromatic rings. The van der Waals surface area contributed by atoms with Gasteiger partial charge in [-0.1, -0.05) is 43.3 Å². The number of carbonyl (C=O) groups is 1. The zero-order chi connectivity index (χ0) is 17.6. The van der Waals surface area contributed by atoms with Gasteiger partial charge in [0.25, 0.3) is 0 Å². The van der Waals surface area contributed by atoms with Gasteiger partial charge < -0.3 is 10.2 Å². The fourth-order valence-corrected chi connectivity index (χ4v) is 3.35. The van der Waals surface area contributed by atoms with Crippen LogP contribution in [0.4, 0.5) is 4.39 Å². The number of rotatable bonds is 5. The maximum atomic E-state index is 13.6. The second-order valence-corrected chi connectivity index (χ2v) is 6.53. The topological polar surface area (TPSA) is 32.3 Å². The van der Waals surface area contributed by atoms with Crippen molar-refractivity contribution in [2.75, 3.05) is 19.6 Å². The van der Waals surface area contributed by atoms with Crippen molar-refractivity contribution in [2.24, 2.45) is 0 Å². The van der Waals surface area contributed by atoms with Gasteiger partial charge in [-0.25, -0.2) is 4.39 Å². The van der Waals surface area contributed by atoms with Crippen molar-refractivity contribution < 1.29 is 9.18 Å². The summed E-state index contributed by atoms with van der Waals surface area (Å²) in [5.41, 5.74) is 3.35. The largest absolute Gasteiger partial charge is 0.333 e. The molecular formula is C21H26ClFN2O. The number of aryl methyl sites for hydroxylation is 2. The number of hydrogen-bond acceptors (Lipinski definition) is 2. The molecular weight excluding hydrogens is 351 g/mol. The number of nitrogens with zero attached hydrogens (tertiary/aromatic N) is 1. The molecule has 1 heterocycles. The highest BCUT2D eigenvalue weighted by Crippen LogP contribution is 2.24. The van der Waals surface area contributed by atoms with E-state index in [0.29, 0.717) is 19.5 Å². The zero-order valence-electron chi connectivity index (χ0n) is 15.1. The zero-order valence-corrected chi connectivity index (χ0v) is 15.9. The molecule has 0 aromatic heterocycles.